The van der Waals surface area contributed by atoms with Crippen LogP contribution in [0.1, 0.15) is 17.2 Å². The van der Waals surface area contributed by atoms with E-state index in [4.69, 9.17) is 23.2 Å². The van der Waals surface area contributed by atoms with Crippen molar-refractivity contribution in [3.63, 3.8) is 0 Å². The van der Waals surface area contributed by atoms with E-state index in [1.807, 2.05) is 18.2 Å². The number of hydrogen-bond donors (Lipinski definition) is 2. The normalized spacial score (nSPS) is 21.5. The van der Waals surface area contributed by atoms with Gasteiger partial charge in [0.25, 0.3) is 0 Å². The van der Waals surface area contributed by atoms with Crippen LogP contribution in [0.15, 0.2) is 35.2 Å². The summed E-state index contributed by atoms with van der Waals surface area (Å²) in [5.74, 6) is 0. The molecule has 4 nitrogen and oxygen atoms in total. The van der Waals surface area contributed by atoms with Crippen molar-refractivity contribution in [2.24, 2.45) is 0 Å². The van der Waals surface area contributed by atoms with Crippen molar-refractivity contribution in [3.8, 4) is 0 Å². The summed E-state index contributed by atoms with van der Waals surface area (Å²) in [6.45, 7) is 0. The van der Waals surface area contributed by atoms with Crippen LogP contribution in [0.3, 0.4) is 0 Å². The molecule has 1 aromatic heterocycles. The summed E-state index contributed by atoms with van der Waals surface area (Å²) >= 11 is 12.7. The molecular weight excluding hydrogens is 353 g/mol. The number of halogens is 2. The molecule has 2 aromatic rings. The average molecular weight is 364 g/mol. The number of nitrogens with one attached hydrogen (secondary N) is 1. The van der Waals surface area contributed by atoms with Crippen molar-refractivity contribution >= 4 is 44.6 Å². The summed E-state index contributed by atoms with van der Waals surface area (Å²) in [5.41, 5.74) is 1.72. The van der Waals surface area contributed by atoms with E-state index in [0.29, 0.717) is 10.8 Å². The van der Waals surface area contributed by atoms with E-state index in [0.717, 1.165) is 22.5 Å². The topological polar surface area (TPSA) is 66.4 Å². The molecule has 0 spiro atoms. The van der Waals surface area contributed by atoms with Gasteiger partial charge in [0, 0.05) is 6.42 Å². The summed E-state index contributed by atoms with van der Waals surface area (Å²) in [7, 11) is -3.85. The van der Waals surface area contributed by atoms with Crippen LogP contribution in [0.4, 0.5) is 0 Å². The van der Waals surface area contributed by atoms with Gasteiger partial charge in [0.1, 0.15) is 9.23 Å². The Labute approximate surface area is 136 Å². The van der Waals surface area contributed by atoms with Crippen LogP contribution in [-0.4, -0.2) is 19.6 Å². The third-order valence-electron chi connectivity index (χ3n) is 3.40. The van der Waals surface area contributed by atoms with E-state index < -0.39 is 22.2 Å². The van der Waals surface area contributed by atoms with Crippen LogP contribution < -0.4 is 4.72 Å². The predicted molar refractivity (Wildman–Crippen MR) is 83.6 cm³/mol. The molecule has 112 valence electrons. The monoisotopic (exact) mass is 363 g/mol. The van der Waals surface area contributed by atoms with Gasteiger partial charge in [0.15, 0.2) is 0 Å². The first-order valence-electron chi connectivity index (χ1n) is 6.11. The number of aliphatic hydroxyl groups excluding tert-OH is 1. The minimum absolute atomic E-state index is 0.0595. The van der Waals surface area contributed by atoms with E-state index >= 15 is 0 Å². The number of benzene rings is 1. The minimum atomic E-state index is -3.85. The lowest BCUT2D eigenvalue weighted by atomic mass is 10.1. The molecule has 1 aliphatic rings. The molecule has 1 aliphatic carbocycles. The highest BCUT2D eigenvalue weighted by atomic mass is 35.5. The second-order valence-corrected chi connectivity index (χ2v) is 8.73. The summed E-state index contributed by atoms with van der Waals surface area (Å²) in [6, 6.07) is 7.98. The number of rotatable bonds is 3. The Kier molecular flexibility index (Phi) is 4.02. The molecule has 2 atom stereocenters. The largest absolute Gasteiger partial charge is 0.391 e. The quantitative estimate of drug-likeness (QED) is 0.880. The summed E-state index contributed by atoms with van der Waals surface area (Å²) in [6.07, 6.45) is -0.383. The molecule has 8 heteroatoms. The number of sulfonamides is 1. The maximum absolute atomic E-state index is 12.4. The summed E-state index contributed by atoms with van der Waals surface area (Å²) < 4.78 is 27.8. The van der Waals surface area contributed by atoms with Gasteiger partial charge < -0.3 is 5.11 Å². The van der Waals surface area contributed by atoms with E-state index in [-0.39, 0.29) is 9.23 Å². The third-order valence-corrected chi connectivity index (χ3v) is 6.60. The van der Waals surface area contributed by atoms with Crippen molar-refractivity contribution in [2.45, 2.75) is 23.5 Å². The molecular formula is C13H11Cl2NO3S2. The van der Waals surface area contributed by atoms with Crippen molar-refractivity contribution in [1.29, 1.82) is 0 Å². The highest BCUT2D eigenvalue weighted by Crippen LogP contribution is 2.37. The van der Waals surface area contributed by atoms with Gasteiger partial charge in [-0.15, -0.1) is 11.3 Å². The molecule has 1 heterocycles. The molecule has 0 saturated carbocycles. The van der Waals surface area contributed by atoms with Crippen LogP contribution in [0, 0.1) is 0 Å². The standard InChI is InChI=1S/C13H11Cl2NO3S2/c14-11-6-10(13(15)20-11)21(18,19)16-12-8-4-2-1-3-7(8)5-9(12)17/h1-4,6,9,12,16-17H,5H2. The Hall–Kier alpha value is -0.630. The van der Waals surface area contributed by atoms with Gasteiger partial charge in [-0.3, -0.25) is 0 Å². The lowest BCUT2D eigenvalue weighted by Crippen LogP contribution is -2.33. The van der Waals surface area contributed by atoms with Gasteiger partial charge in [0.2, 0.25) is 10.0 Å². The second-order valence-electron chi connectivity index (χ2n) is 4.76. The van der Waals surface area contributed by atoms with Gasteiger partial charge in [-0.05, 0) is 17.2 Å². The predicted octanol–water partition coefficient (Wildman–Crippen LogP) is 2.99. The number of hydrogen-bond acceptors (Lipinski definition) is 4. The average Bonchev–Trinajstić information content (AvgIpc) is 2.91. The zero-order valence-electron chi connectivity index (χ0n) is 10.6. The first kappa shape index (κ1) is 15.3. The number of fused-ring (bicyclic) bond motifs is 1. The molecule has 1 aromatic carbocycles. The molecule has 3 rings (SSSR count). The Morgan fingerprint density at radius 3 is 2.67 bits per heavy atom. The van der Waals surface area contributed by atoms with Crippen molar-refractivity contribution in [2.75, 3.05) is 0 Å². The van der Waals surface area contributed by atoms with E-state index in [1.165, 1.54) is 6.07 Å². The van der Waals surface area contributed by atoms with Crippen molar-refractivity contribution in [1.82, 2.24) is 4.72 Å². The smallest absolute Gasteiger partial charge is 0.243 e. The van der Waals surface area contributed by atoms with Crippen LogP contribution in [0.5, 0.6) is 0 Å². The molecule has 21 heavy (non-hydrogen) atoms. The third kappa shape index (κ3) is 2.84. The van der Waals surface area contributed by atoms with Gasteiger partial charge in [-0.2, -0.15) is 0 Å². The molecule has 0 fully saturated rings. The van der Waals surface area contributed by atoms with Gasteiger partial charge in [0.05, 0.1) is 16.5 Å². The lowest BCUT2D eigenvalue weighted by Gasteiger charge is -2.17. The molecule has 0 radical (unpaired) electrons. The van der Waals surface area contributed by atoms with E-state index in [2.05, 4.69) is 4.72 Å². The lowest BCUT2D eigenvalue weighted by molar-refractivity contribution is 0.151. The highest BCUT2D eigenvalue weighted by molar-refractivity contribution is 7.89. The minimum Gasteiger partial charge on any atom is -0.391 e. The van der Waals surface area contributed by atoms with Crippen LogP contribution in [0.2, 0.25) is 8.67 Å². The molecule has 0 aliphatic heterocycles. The fourth-order valence-corrected chi connectivity index (χ4v) is 5.85. The van der Waals surface area contributed by atoms with Gasteiger partial charge >= 0.3 is 0 Å². The van der Waals surface area contributed by atoms with E-state index in [1.54, 1.807) is 6.07 Å². The zero-order chi connectivity index (χ0) is 15.2. The fraction of sp³-hybridized carbons (Fsp3) is 0.231. The Balaban J connectivity index is 1.95. The van der Waals surface area contributed by atoms with Crippen LogP contribution in [-0.2, 0) is 16.4 Å². The zero-order valence-corrected chi connectivity index (χ0v) is 13.7. The molecule has 2 N–H and O–H groups in total. The Morgan fingerprint density at radius 1 is 1.29 bits per heavy atom. The van der Waals surface area contributed by atoms with Crippen LogP contribution in [0.25, 0.3) is 0 Å². The SMILES string of the molecule is O=S(=O)(NC1c2ccccc2CC1O)c1cc(Cl)sc1Cl. The molecule has 2 unspecified atom stereocenters. The van der Waals surface area contributed by atoms with Crippen molar-refractivity contribution in [3.05, 3.63) is 50.1 Å². The first-order chi connectivity index (χ1) is 9.88. The number of thiophene rings is 1. The maximum Gasteiger partial charge on any atom is 0.243 e. The molecule has 0 amide bonds. The summed E-state index contributed by atoms with van der Waals surface area (Å²) in [5, 5.41) is 10.1. The van der Waals surface area contributed by atoms with Gasteiger partial charge in [-0.1, -0.05) is 47.5 Å². The molecule has 0 bridgehead atoms. The Bertz CT molecular complexity index is 788. The van der Waals surface area contributed by atoms with Crippen LogP contribution >= 0.6 is 34.5 Å². The Morgan fingerprint density at radius 2 is 2.00 bits per heavy atom. The first-order valence-corrected chi connectivity index (χ1v) is 9.17. The summed E-state index contributed by atoms with van der Waals surface area (Å²) in [4.78, 5) is -0.0595. The second kappa shape index (κ2) is 5.53. The molecule has 0 saturated heterocycles. The van der Waals surface area contributed by atoms with E-state index in [9.17, 15) is 13.5 Å². The highest BCUT2D eigenvalue weighted by Gasteiger charge is 2.35. The van der Waals surface area contributed by atoms with Gasteiger partial charge in [-0.25, -0.2) is 13.1 Å². The fourth-order valence-electron chi connectivity index (χ4n) is 2.45. The maximum atomic E-state index is 12.4. The van der Waals surface area contributed by atoms with Crippen molar-refractivity contribution < 1.29 is 13.5 Å². The number of aliphatic hydroxyl groups is 1.